The van der Waals surface area contributed by atoms with Crippen molar-refractivity contribution in [3.8, 4) is 17.0 Å². The number of hydrogen-bond acceptors (Lipinski definition) is 4. The van der Waals surface area contributed by atoms with Crippen molar-refractivity contribution in [3.63, 3.8) is 0 Å². The van der Waals surface area contributed by atoms with Gasteiger partial charge in [0, 0.05) is 38.4 Å². The zero-order chi connectivity index (χ0) is 15.5. The summed E-state index contributed by atoms with van der Waals surface area (Å²) in [6.45, 7) is 1.55. The molecule has 2 aromatic rings. The Morgan fingerprint density at radius 3 is 3.09 bits per heavy atom. The molecule has 0 aliphatic carbocycles. The maximum absolute atomic E-state index is 12.3. The summed E-state index contributed by atoms with van der Waals surface area (Å²) in [5.74, 6) is 0.654. The number of benzene rings is 1. The lowest BCUT2D eigenvalue weighted by Crippen LogP contribution is -2.27. The van der Waals surface area contributed by atoms with Gasteiger partial charge in [0.25, 0.3) is 5.91 Å². The molecule has 0 saturated carbocycles. The number of amides is 1. The summed E-state index contributed by atoms with van der Waals surface area (Å²) >= 11 is 0. The number of fused-ring (bicyclic) bond motifs is 3. The molecule has 0 spiro atoms. The Morgan fingerprint density at radius 1 is 1.45 bits per heavy atom. The largest absolute Gasteiger partial charge is 0.488 e. The molecule has 0 saturated heterocycles. The minimum atomic E-state index is -0.170. The predicted molar refractivity (Wildman–Crippen MR) is 81.8 cm³/mol. The zero-order valence-electron chi connectivity index (χ0n) is 12.8. The molecule has 0 bridgehead atoms. The van der Waals surface area contributed by atoms with E-state index in [0.717, 1.165) is 29.0 Å². The molecular formula is C16H19N3O3. The number of carbonyl (C=O) groups is 1. The molecule has 1 amide bonds. The topological polar surface area (TPSA) is 65.4 Å². The molecule has 3 rings (SSSR count). The normalized spacial score (nSPS) is 12.3. The lowest BCUT2D eigenvalue weighted by Gasteiger charge is -2.18. The van der Waals surface area contributed by atoms with Crippen LogP contribution in [-0.2, 0) is 18.4 Å². The summed E-state index contributed by atoms with van der Waals surface area (Å²) < 4.78 is 12.5. The summed E-state index contributed by atoms with van der Waals surface area (Å²) in [6, 6.07) is 7.80. The molecule has 6 nitrogen and oxygen atoms in total. The minimum Gasteiger partial charge on any atom is -0.488 e. The smallest absolute Gasteiger partial charge is 0.272 e. The number of nitrogens with zero attached hydrogens (tertiary/aromatic N) is 2. The van der Waals surface area contributed by atoms with Crippen molar-refractivity contribution in [2.45, 2.75) is 13.0 Å². The van der Waals surface area contributed by atoms with Crippen molar-refractivity contribution >= 4 is 5.91 Å². The van der Waals surface area contributed by atoms with E-state index < -0.39 is 0 Å². The Kier molecular flexibility index (Phi) is 4.11. The summed E-state index contributed by atoms with van der Waals surface area (Å²) in [7, 11) is 3.49. The van der Waals surface area contributed by atoms with E-state index >= 15 is 0 Å². The van der Waals surface area contributed by atoms with E-state index in [9.17, 15) is 4.79 Å². The zero-order valence-corrected chi connectivity index (χ0v) is 12.8. The first-order chi connectivity index (χ1) is 10.7. The van der Waals surface area contributed by atoms with E-state index in [-0.39, 0.29) is 5.91 Å². The highest BCUT2D eigenvalue weighted by Gasteiger charge is 2.27. The molecule has 0 atom stereocenters. The van der Waals surface area contributed by atoms with E-state index in [1.54, 1.807) is 11.8 Å². The molecule has 22 heavy (non-hydrogen) atoms. The average Bonchev–Trinajstić information content (AvgIpc) is 2.89. The van der Waals surface area contributed by atoms with Crippen molar-refractivity contribution in [1.29, 1.82) is 0 Å². The monoisotopic (exact) mass is 301 g/mol. The molecule has 1 aliphatic rings. The Hall–Kier alpha value is -2.34. The van der Waals surface area contributed by atoms with Crippen LogP contribution >= 0.6 is 0 Å². The van der Waals surface area contributed by atoms with E-state index in [1.165, 1.54) is 0 Å². The number of hydrogen-bond donors (Lipinski definition) is 1. The first-order valence-electron chi connectivity index (χ1n) is 7.27. The Balaban J connectivity index is 1.86. The van der Waals surface area contributed by atoms with Crippen LogP contribution in [0.25, 0.3) is 11.3 Å². The van der Waals surface area contributed by atoms with Gasteiger partial charge in [0.1, 0.15) is 12.4 Å². The van der Waals surface area contributed by atoms with Crippen LogP contribution in [0.4, 0.5) is 0 Å². The third-order valence-electron chi connectivity index (χ3n) is 3.69. The molecule has 0 radical (unpaired) electrons. The number of ether oxygens (including phenoxy) is 2. The number of rotatable bonds is 5. The molecule has 2 heterocycles. The van der Waals surface area contributed by atoms with Gasteiger partial charge in [-0.25, -0.2) is 0 Å². The molecule has 1 N–H and O–H groups in total. The number of aryl methyl sites for hydroxylation is 1. The number of aromatic nitrogens is 2. The fourth-order valence-electron chi connectivity index (χ4n) is 2.66. The molecule has 6 heteroatoms. The third-order valence-corrected chi connectivity index (χ3v) is 3.69. The van der Waals surface area contributed by atoms with Crippen molar-refractivity contribution in [1.82, 2.24) is 15.1 Å². The summed E-state index contributed by atoms with van der Waals surface area (Å²) in [4.78, 5) is 12.3. The van der Waals surface area contributed by atoms with Gasteiger partial charge < -0.3 is 14.8 Å². The lowest BCUT2D eigenvalue weighted by atomic mass is 10.0. The van der Waals surface area contributed by atoms with Crippen LogP contribution < -0.4 is 10.1 Å². The highest BCUT2D eigenvalue weighted by Crippen LogP contribution is 2.38. The molecule has 1 aromatic heterocycles. The Bertz CT molecular complexity index is 694. The fourth-order valence-corrected chi connectivity index (χ4v) is 2.66. The van der Waals surface area contributed by atoms with Gasteiger partial charge in [0.05, 0.1) is 5.69 Å². The van der Waals surface area contributed by atoms with Gasteiger partial charge in [-0.05, 0) is 18.6 Å². The second kappa shape index (κ2) is 6.19. The van der Waals surface area contributed by atoms with Crippen LogP contribution in [0.1, 0.15) is 22.5 Å². The van der Waals surface area contributed by atoms with Crippen LogP contribution in [0.3, 0.4) is 0 Å². The second-order valence-electron chi connectivity index (χ2n) is 5.19. The van der Waals surface area contributed by atoms with Gasteiger partial charge in [0.2, 0.25) is 0 Å². The van der Waals surface area contributed by atoms with Crippen LogP contribution in [0, 0.1) is 0 Å². The van der Waals surface area contributed by atoms with Crippen molar-refractivity contribution < 1.29 is 14.3 Å². The van der Waals surface area contributed by atoms with Crippen LogP contribution in [0.2, 0.25) is 0 Å². The maximum Gasteiger partial charge on any atom is 0.272 e. The van der Waals surface area contributed by atoms with Crippen LogP contribution in [0.5, 0.6) is 5.75 Å². The summed E-state index contributed by atoms with van der Waals surface area (Å²) in [5, 5.41) is 7.25. The molecule has 1 aromatic carbocycles. The Labute approximate surface area is 129 Å². The average molecular weight is 301 g/mol. The maximum atomic E-state index is 12.3. The second-order valence-corrected chi connectivity index (χ2v) is 5.19. The first-order valence-corrected chi connectivity index (χ1v) is 7.27. The van der Waals surface area contributed by atoms with E-state index in [1.807, 2.05) is 31.3 Å². The number of nitrogens with one attached hydrogen (secondary N) is 1. The third kappa shape index (κ3) is 2.57. The van der Waals surface area contributed by atoms with Crippen molar-refractivity contribution in [2.75, 3.05) is 20.3 Å². The van der Waals surface area contributed by atoms with Gasteiger partial charge in [-0.15, -0.1) is 0 Å². The minimum absolute atomic E-state index is 0.170. The lowest BCUT2D eigenvalue weighted by molar-refractivity contribution is 0.0940. The number of methoxy groups -OCH3 is 1. The first kappa shape index (κ1) is 14.6. The van der Waals surface area contributed by atoms with E-state index in [4.69, 9.17) is 9.47 Å². The Morgan fingerprint density at radius 2 is 2.27 bits per heavy atom. The molecule has 0 fully saturated rings. The molecular weight excluding hydrogens is 282 g/mol. The fraction of sp³-hybridized carbons (Fsp3) is 0.375. The highest BCUT2D eigenvalue weighted by atomic mass is 16.5. The van der Waals surface area contributed by atoms with E-state index in [0.29, 0.717) is 25.5 Å². The van der Waals surface area contributed by atoms with Gasteiger partial charge in [-0.1, -0.05) is 12.1 Å². The van der Waals surface area contributed by atoms with Crippen LogP contribution in [0.15, 0.2) is 24.3 Å². The number of para-hydroxylation sites is 1. The molecule has 0 unspecified atom stereocenters. The van der Waals surface area contributed by atoms with Crippen molar-refractivity contribution in [2.24, 2.45) is 7.05 Å². The quantitative estimate of drug-likeness (QED) is 0.854. The van der Waals surface area contributed by atoms with Gasteiger partial charge in [-0.2, -0.15) is 5.10 Å². The summed E-state index contributed by atoms with van der Waals surface area (Å²) in [6.07, 6.45) is 0.774. The summed E-state index contributed by atoms with van der Waals surface area (Å²) in [5.41, 5.74) is 3.19. The molecule has 1 aliphatic heterocycles. The van der Waals surface area contributed by atoms with Gasteiger partial charge >= 0.3 is 0 Å². The number of carbonyl (C=O) groups excluding carboxylic acids is 1. The van der Waals surface area contributed by atoms with Gasteiger partial charge in [0.15, 0.2) is 5.69 Å². The highest BCUT2D eigenvalue weighted by molar-refractivity contribution is 5.96. The van der Waals surface area contributed by atoms with Crippen molar-refractivity contribution in [3.05, 3.63) is 35.5 Å². The molecule has 116 valence electrons. The standard InChI is InChI=1S/C16H19N3O3/c1-19-15-11-6-3-4-7-13(11)22-10-12(15)14(18-19)16(20)17-8-5-9-21-2/h3-4,6-7H,5,8-10H2,1-2H3,(H,17,20). The van der Waals surface area contributed by atoms with Crippen LogP contribution in [-0.4, -0.2) is 35.9 Å². The van der Waals surface area contributed by atoms with E-state index in [2.05, 4.69) is 10.4 Å². The SMILES string of the molecule is COCCCNC(=O)c1nn(C)c2c1COc1ccccc1-2. The predicted octanol–water partition coefficient (Wildman–Crippen LogP) is 1.75. The van der Waals surface area contributed by atoms with Gasteiger partial charge in [-0.3, -0.25) is 9.48 Å².